The molecular weight excluding hydrogens is 246 g/mol. The van der Waals surface area contributed by atoms with E-state index in [-0.39, 0.29) is 12.3 Å². The van der Waals surface area contributed by atoms with E-state index in [1.54, 1.807) is 4.90 Å². The van der Waals surface area contributed by atoms with Gasteiger partial charge in [-0.05, 0) is 24.6 Å². The van der Waals surface area contributed by atoms with E-state index in [9.17, 15) is 9.59 Å². The van der Waals surface area contributed by atoms with Crippen LogP contribution in [0.2, 0.25) is 0 Å². The zero-order valence-corrected chi connectivity index (χ0v) is 10.8. The number of carbonyl (C=O) groups excluding carboxylic acids is 1. The van der Waals surface area contributed by atoms with Crippen molar-refractivity contribution in [2.45, 2.75) is 13.3 Å². The summed E-state index contributed by atoms with van der Waals surface area (Å²) in [7, 11) is 0. The first-order valence-corrected chi connectivity index (χ1v) is 6.26. The summed E-state index contributed by atoms with van der Waals surface area (Å²) < 4.78 is 5.49. The van der Waals surface area contributed by atoms with Crippen molar-refractivity contribution >= 4 is 11.9 Å². The van der Waals surface area contributed by atoms with Crippen molar-refractivity contribution in [3.05, 3.63) is 29.8 Å². The Morgan fingerprint density at radius 1 is 1.42 bits per heavy atom. The van der Waals surface area contributed by atoms with Crippen molar-refractivity contribution < 1.29 is 19.4 Å². The number of ether oxygens (including phenoxy) is 1. The molecule has 1 heterocycles. The second kappa shape index (κ2) is 5.73. The SMILES string of the molecule is Cc1cccc(OCCC(=O)N2CC(C(=O)O)C2)c1. The molecule has 5 heteroatoms. The molecule has 5 nitrogen and oxygen atoms in total. The van der Waals surface area contributed by atoms with E-state index >= 15 is 0 Å². The lowest BCUT2D eigenvalue weighted by molar-refractivity contribution is -0.152. The van der Waals surface area contributed by atoms with Crippen LogP contribution in [0.4, 0.5) is 0 Å². The molecule has 2 rings (SSSR count). The van der Waals surface area contributed by atoms with Crippen LogP contribution in [0.15, 0.2) is 24.3 Å². The van der Waals surface area contributed by atoms with Gasteiger partial charge in [0.05, 0.1) is 18.9 Å². The molecule has 0 bridgehead atoms. The predicted molar refractivity (Wildman–Crippen MR) is 69.0 cm³/mol. The third kappa shape index (κ3) is 3.47. The van der Waals surface area contributed by atoms with Gasteiger partial charge in [0.25, 0.3) is 0 Å². The van der Waals surface area contributed by atoms with Gasteiger partial charge in [-0.1, -0.05) is 12.1 Å². The highest BCUT2D eigenvalue weighted by molar-refractivity contribution is 5.81. The minimum Gasteiger partial charge on any atom is -0.493 e. The molecule has 1 N–H and O–H groups in total. The van der Waals surface area contributed by atoms with Gasteiger partial charge in [0.15, 0.2) is 0 Å². The zero-order chi connectivity index (χ0) is 13.8. The minimum atomic E-state index is -0.833. The summed E-state index contributed by atoms with van der Waals surface area (Å²) in [6.07, 6.45) is 0.278. The number of amides is 1. The Morgan fingerprint density at radius 2 is 2.16 bits per heavy atom. The maximum Gasteiger partial charge on any atom is 0.310 e. The fourth-order valence-corrected chi connectivity index (χ4v) is 1.96. The van der Waals surface area contributed by atoms with Crippen LogP contribution in [0, 0.1) is 12.8 Å². The third-order valence-electron chi connectivity index (χ3n) is 3.16. The van der Waals surface area contributed by atoms with E-state index < -0.39 is 11.9 Å². The van der Waals surface area contributed by atoms with Gasteiger partial charge in [0.1, 0.15) is 5.75 Å². The molecule has 0 saturated carbocycles. The van der Waals surface area contributed by atoms with Gasteiger partial charge in [-0.3, -0.25) is 9.59 Å². The van der Waals surface area contributed by atoms with Crippen LogP contribution in [0.1, 0.15) is 12.0 Å². The second-order valence-corrected chi connectivity index (χ2v) is 4.75. The van der Waals surface area contributed by atoms with Gasteiger partial charge in [0, 0.05) is 13.1 Å². The summed E-state index contributed by atoms with van der Waals surface area (Å²) in [5.74, 6) is -0.535. The molecule has 1 saturated heterocycles. The lowest BCUT2D eigenvalue weighted by atomic mass is 10.0. The number of likely N-dealkylation sites (tertiary alicyclic amines) is 1. The number of hydrogen-bond donors (Lipinski definition) is 1. The highest BCUT2D eigenvalue weighted by Crippen LogP contribution is 2.17. The van der Waals surface area contributed by atoms with Crippen LogP contribution in [-0.2, 0) is 9.59 Å². The van der Waals surface area contributed by atoms with Gasteiger partial charge >= 0.3 is 5.97 Å². The number of aryl methyl sites for hydroxylation is 1. The zero-order valence-electron chi connectivity index (χ0n) is 10.8. The van der Waals surface area contributed by atoms with Crippen molar-refractivity contribution in [2.75, 3.05) is 19.7 Å². The van der Waals surface area contributed by atoms with Crippen LogP contribution >= 0.6 is 0 Å². The van der Waals surface area contributed by atoms with Crippen molar-refractivity contribution in [1.29, 1.82) is 0 Å². The fourth-order valence-electron chi connectivity index (χ4n) is 1.96. The van der Waals surface area contributed by atoms with Gasteiger partial charge in [-0.25, -0.2) is 0 Å². The Hall–Kier alpha value is -2.04. The normalized spacial score (nSPS) is 14.9. The monoisotopic (exact) mass is 263 g/mol. The van der Waals surface area contributed by atoms with Crippen molar-refractivity contribution in [3.8, 4) is 5.75 Å². The molecule has 1 aliphatic heterocycles. The summed E-state index contributed by atoms with van der Waals surface area (Å²) in [6, 6.07) is 7.64. The van der Waals surface area contributed by atoms with E-state index in [1.165, 1.54) is 0 Å². The molecule has 0 unspecified atom stereocenters. The quantitative estimate of drug-likeness (QED) is 0.869. The van der Waals surface area contributed by atoms with E-state index in [0.29, 0.717) is 19.7 Å². The van der Waals surface area contributed by atoms with Crippen molar-refractivity contribution in [3.63, 3.8) is 0 Å². The largest absolute Gasteiger partial charge is 0.493 e. The second-order valence-electron chi connectivity index (χ2n) is 4.75. The van der Waals surface area contributed by atoms with Crippen molar-refractivity contribution in [2.24, 2.45) is 5.92 Å². The molecule has 1 fully saturated rings. The Labute approximate surface area is 111 Å². The van der Waals surface area contributed by atoms with Crippen LogP contribution in [0.5, 0.6) is 5.75 Å². The first kappa shape index (κ1) is 13.4. The number of aliphatic carboxylic acids is 1. The number of carboxylic acid groups (broad SMARTS) is 1. The Balaban J connectivity index is 1.69. The van der Waals surface area contributed by atoms with Crippen LogP contribution in [0.25, 0.3) is 0 Å². The molecular formula is C14H17NO4. The van der Waals surface area contributed by atoms with E-state index in [2.05, 4.69) is 0 Å². The number of carbonyl (C=O) groups is 2. The number of hydrogen-bond acceptors (Lipinski definition) is 3. The van der Waals surface area contributed by atoms with E-state index in [4.69, 9.17) is 9.84 Å². The van der Waals surface area contributed by atoms with Gasteiger partial charge in [0.2, 0.25) is 5.91 Å². The third-order valence-corrected chi connectivity index (χ3v) is 3.16. The molecule has 0 atom stereocenters. The molecule has 1 aromatic carbocycles. The predicted octanol–water partition coefficient (Wildman–Crippen LogP) is 1.31. The molecule has 1 aromatic rings. The number of rotatable bonds is 5. The van der Waals surface area contributed by atoms with Gasteiger partial charge in [-0.2, -0.15) is 0 Å². The highest BCUT2D eigenvalue weighted by Gasteiger charge is 2.35. The first-order chi connectivity index (χ1) is 9.06. The summed E-state index contributed by atoms with van der Waals surface area (Å²) in [5.41, 5.74) is 1.11. The van der Waals surface area contributed by atoms with E-state index in [1.807, 2.05) is 31.2 Å². The fraction of sp³-hybridized carbons (Fsp3) is 0.429. The number of nitrogens with zero attached hydrogens (tertiary/aromatic N) is 1. The van der Waals surface area contributed by atoms with Gasteiger partial charge in [-0.15, -0.1) is 0 Å². The molecule has 0 aliphatic carbocycles. The summed E-state index contributed by atoms with van der Waals surface area (Å²) in [6.45, 7) is 2.93. The van der Waals surface area contributed by atoms with Crippen LogP contribution < -0.4 is 4.74 Å². The molecule has 1 amide bonds. The average molecular weight is 263 g/mol. The number of benzene rings is 1. The molecule has 1 aliphatic rings. The molecule has 0 radical (unpaired) electrons. The highest BCUT2D eigenvalue weighted by atomic mass is 16.5. The Morgan fingerprint density at radius 3 is 2.79 bits per heavy atom. The Bertz CT molecular complexity index is 480. The van der Waals surface area contributed by atoms with E-state index in [0.717, 1.165) is 11.3 Å². The van der Waals surface area contributed by atoms with Crippen LogP contribution in [0.3, 0.4) is 0 Å². The number of carboxylic acids is 1. The minimum absolute atomic E-state index is 0.0508. The summed E-state index contributed by atoms with van der Waals surface area (Å²) >= 11 is 0. The lowest BCUT2D eigenvalue weighted by Gasteiger charge is -2.36. The Kier molecular flexibility index (Phi) is 4.04. The maximum absolute atomic E-state index is 11.7. The molecule has 0 spiro atoms. The molecule has 0 aromatic heterocycles. The average Bonchev–Trinajstić information content (AvgIpc) is 2.26. The standard InChI is InChI=1S/C14H17NO4/c1-10-3-2-4-12(7-10)19-6-5-13(16)15-8-11(9-15)14(17)18/h2-4,7,11H,5-6,8-9H2,1H3,(H,17,18). The summed E-state index contributed by atoms with van der Waals surface area (Å²) in [4.78, 5) is 23.9. The first-order valence-electron chi connectivity index (χ1n) is 6.26. The smallest absolute Gasteiger partial charge is 0.310 e. The topological polar surface area (TPSA) is 66.8 Å². The van der Waals surface area contributed by atoms with Crippen LogP contribution in [-0.4, -0.2) is 41.6 Å². The van der Waals surface area contributed by atoms with Gasteiger partial charge < -0.3 is 14.7 Å². The molecule has 19 heavy (non-hydrogen) atoms. The maximum atomic E-state index is 11.7. The van der Waals surface area contributed by atoms with Crippen molar-refractivity contribution in [1.82, 2.24) is 4.90 Å². The summed E-state index contributed by atoms with van der Waals surface area (Å²) in [5, 5.41) is 8.72. The lowest BCUT2D eigenvalue weighted by Crippen LogP contribution is -2.53. The molecule has 102 valence electrons.